The van der Waals surface area contributed by atoms with E-state index in [0.29, 0.717) is 6.42 Å². The first-order chi connectivity index (χ1) is 15.7. The van der Waals surface area contributed by atoms with E-state index in [1.165, 1.54) is 13.8 Å². The van der Waals surface area contributed by atoms with E-state index in [1.54, 1.807) is 13.8 Å². The number of amides is 3. The molecule has 0 fully saturated rings. The first kappa shape index (κ1) is 31.0. The maximum atomic E-state index is 12.9. The predicted molar refractivity (Wildman–Crippen MR) is 124 cm³/mol. The van der Waals surface area contributed by atoms with Crippen LogP contribution < -0.4 is 33.2 Å². The molecule has 0 aliphatic heterocycles. The van der Waals surface area contributed by atoms with E-state index >= 15 is 0 Å². The van der Waals surface area contributed by atoms with Gasteiger partial charge in [0.1, 0.15) is 24.2 Å². The number of carboxylic acids is 1. The van der Waals surface area contributed by atoms with Crippen molar-refractivity contribution in [1.29, 1.82) is 0 Å². The monoisotopic (exact) mass is 489 g/mol. The van der Waals surface area contributed by atoms with Crippen LogP contribution in [0.2, 0.25) is 0 Å². The number of nitrogens with zero attached hydrogens (tertiary/aromatic N) is 1. The Kier molecular flexibility index (Phi) is 13.7. The van der Waals surface area contributed by atoms with Crippen LogP contribution >= 0.6 is 0 Å². The molecule has 7 unspecified atom stereocenters. The van der Waals surface area contributed by atoms with Crippen LogP contribution in [0.1, 0.15) is 47.0 Å². The highest BCUT2D eigenvalue weighted by atomic mass is 16.4. The van der Waals surface area contributed by atoms with Crippen LogP contribution in [0, 0.1) is 5.92 Å². The highest BCUT2D eigenvalue weighted by Gasteiger charge is 2.34. The van der Waals surface area contributed by atoms with E-state index in [0.717, 1.165) is 0 Å². The van der Waals surface area contributed by atoms with Gasteiger partial charge in [-0.1, -0.05) is 20.3 Å². The summed E-state index contributed by atoms with van der Waals surface area (Å²) >= 11 is 0. The number of nitrogens with one attached hydrogen (secondary N) is 3. The molecule has 34 heavy (non-hydrogen) atoms. The van der Waals surface area contributed by atoms with Gasteiger partial charge >= 0.3 is 5.97 Å². The molecule has 0 radical (unpaired) electrons. The van der Waals surface area contributed by atoms with Crippen molar-refractivity contribution < 1.29 is 34.5 Å². The Hall–Kier alpha value is -2.97. The zero-order chi connectivity index (χ0) is 26.6. The van der Waals surface area contributed by atoms with E-state index in [9.17, 15) is 34.5 Å². The molecule has 0 aliphatic carbocycles. The number of aliphatic imine (C=N–C) groups is 1. The van der Waals surface area contributed by atoms with Crippen LogP contribution in [-0.4, -0.2) is 87.9 Å². The van der Waals surface area contributed by atoms with Gasteiger partial charge in [0.05, 0.1) is 12.2 Å². The van der Waals surface area contributed by atoms with Gasteiger partial charge in [0.2, 0.25) is 17.7 Å². The number of carbonyl (C=O) groups is 4. The lowest BCUT2D eigenvalue weighted by Gasteiger charge is -2.28. The number of carbonyl (C=O) groups excluding carboxylic acids is 3. The Bertz CT molecular complexity index is 726. The molecule has 3 amide bonds. The third kappa shape index (κ3) is 10.8. The summed E-state index contributed by atoms with van der Waals surface area (Å²) in [5.41, 5.74) is 16.2. The van der Waals surface area contributed by atoms with Crippen LogP contribution in [0.25, 0.3) is 0 Å². The van der Waals surface area contributed by atoms with Crippen molar-refractivity contribution in [2.75, 3.05) is 6.54 Å². The molecule has 12 N–H and O–H groups in total. The summed E-state index contributed by atoms with van der Waals surface area (Å²) in [4.78, 5) is 53.2. The number of hydrogen-bond donors (Lipinski definition) is 9. The first-order valence-electron chi connectivity index (χ1n) is 11.0. The lowest BCUT2D eigenvalue weighted by atomic mass is 9.98. The largest absolute Gasteiger partial charge is 0.480 e. The van der Waals surface area contributed by atoms with Gasteiger partial charge in [-0.3, -0.25) is 19.4 Å². The number of nitrogens with two attached hydrogens (primary N) is 3. The van der Waals surface area contributed by atoms with Gasteiger partial charge in [0.25, 0.3) is 0 Å². The Morgan fingerprint density at radius 2 is 1.44 bits per heavy atom. The van der Waals surface area contributed by atoms with Crippen molar-refractivity contribution in [1.82, 2.24) is 16.0 Å². The lowest BCUT2D eigenvalue weighted by Crippen LogP contribution is -2.60. The van der Waals surface area contributed by atoms with Gasteiger partial charge < -0.3 is 48.5 Å². The van der Waals surface area contributed by atoms with Crippen molar-refractivity contribution in [3.8, 4) is 0 Å². The molecule has 14 nitrogen and oxygen atoms in total. The average molecular weight is 490 g/mol. The normalized spacial score (nSPS) is 17.1. The van der Waals surface area contributed by atoms with Crippen LogP contribution in [0.4, 0.5) is 0 Å². The molecule has 0 bridgehead atoms. The molecular formula is C20H39N7O7. The summed E-state index contributed by atoms with van der Waals surface area (Å²) in [5.74, 6) is -4.35. The molecule has 14 heteroatoms. The third-order valence-corrected chi connectivity index (χ3v) is 5.24. The summed E-state index contributed by atoms with van der Waals surface area (Å²) in [6, 6.07) is -5.24. The molecule has 0 heterocycles. The van der Waals surface area contributed by atoms with Gasteiger partial charge in [0.15, 0.2) is 5.96 Å². The highest BCUT2D eigenvalue weighted by molar-refractivity contribution is 5.94. The fraction of sp³-hybridized carbons (Fsp3) is 0.750. The molecule has 196 valence electrons. The molecule has 0 saturated carbocycles. The molecule has 0 aromatic carbocycles. The van der Waals surface area contributed by atoms with Gasteiger partial charge in [0, 0.05) is 6.54 Å². The zero-order valence-electron chi connectivity index (χ0n) is 20.0. The molecule has 0 rings (SSSR count). The minimum absolute atomic E-state index is 0.0413. The smallest absolute Gasteiger partial charge is 0.326 e. The second-order valence-electron chi connectivity index (χ2n) is 8.21. The van der Waals surface area contributed by atoms with Crippen molar-refractivity contribution in [3.63, 3.8) is 0 Å². The fourth-order valence-corrected chi connectivity index (χ4v) is 2.84. The first-order valence-corrected chi connectivity index (χ1v) is 11.0. The molecule has 7 atom stereocenters. The standard InChI is InChI=1S/C20H39N7O7/c1-5-9(2)14(19(33)34)26-18(32)15(11(4)29)27-16(30)12(7-6-8-24-20(22)23)25-17(31)13(21)10(3)28/h9-15,28-29H,5-8,21H2,1-4H3,(H,25,31)(H,26,32)(H,27,30)(H,33,34)(H4,22,23,24). The molecular weight excluding hydrogens is 450 g/mol. The van der Waals surface area contributed by atoms with Gasteiger partial charge in [-0.25, -0.2) is 4.79 Å². The van der Waals surface area contributed by atoms with Crippen molar-refractivity contribution in [2.45, 2.75) is 83.3 Å². The summed E-state index contributed by atoms with van der Waals surface area (Å²) in [6.07, 6.45) is -1.79. The Morgan fingerprint density at radius 1 is 0.882 bits per heavy atom. The zero-order valence-corrected chi connectivity index (χ0v) is 20.0. The second kappa shape index (κ2) is 15.0. The molecule has 0 spiro atoms. The van der Waals surface area contributed by atoms with Crippen molar-refractivity contribution in [2.24, 2.45) is 28.1 Å². The number of aliphatic carboxylic acids is 1. The third-order valence-electron chi connectivity index (χ3n) is 5.24. The summed E-state index contributed by atoms with van der Waals surface area (Å²) in [5, 5.41) is 36.1. The number of aliphatic hydroxyl groups is 2. The molecule has 0 aromatic rings. The Morgan fingerprint density at radius 3 is 1.88 bits per heavy atom. The highest BCUT2D eigenvalue weighted by Crippen LogP contribution is 2.09. The van der Waals surface area contributed by atoms with Crippen LogP contribution in [0.5, 0.6) is 0 Å². The fourth-order valence-electron chi connectivity index (χ4n) is 2.84. The number of rotatable bonds is 15. The number of aliphatic hydroxyl groups excluding tert-OH is 2. The Labute approximate surface area is 198 Å². The number of guanidine groups is 1. The summed E-state index contributed by atoms with van der Waals surface area (Å²) < 4.78 is 0. The molecule has 0 aromatic heterocycles. The predicted octanol–water partition coefficient (Wildman–Crippen LogP) is -3.29. The van der Waals surface area contributed by atoms with Gasteiger partial charge in [-0.15, -0.1) is 0 Å². The van der Waals surface area contributed by atoms with Crippen LogP contribution in [0.3, 0.4) is 0 Å². The minimum Gasteiger partial charge on any atom is -0.480 e. The van der Waals surface area contributed by atoms with E-state index in [4.69, 9.17) is 17.2 Å². The second-order valence-corrected chi connectivity index (χ2v) is 8.21. The quantitative estimate of drug-likeness (QED) is 0.0629. The van der Waals surface area contributed by atoms with E-state index in [1.807, 2.05) is 0 Å². The van der Waals surface area contributed by atoms with Gasteiger partial charge in [-0.05, 0) is 32.6 Å². The number of carboxylic acid groups (broad SMARTS) is 1. The summed E-state index contributed by atoms with van der Waals surface area (Å²) in [6.45, 7) is 6.11. The SMILES string of the molecule is CCC(C)C(NC(=O)C(NC(=O)C(CCCN=C(N)N)NC(=O)C(N)C(C)O)C(C)O)C(=O)O. The van der Waals surface area contributed by atoms with E-state index in [-0.39, 0.29) is 25.3 Å². The number of hydrogen-bond acceptors (Lipinski definition) is 8. The lowest BCUT2D eigenvalue weighted by molar-refractivity contribution is -0.144. The molecule has 0 saturated heterocycles. The van der Waals surface area contributed by atoms with Crippen LogP contribution in [-0.2, 0) is 19.2 Å². The van der Waals surface area contributed by atoms with Gasteiger partial charge in [-0.2, -0.15) is 0 Å². The van der Waals surface area contributed by atoms with E-state index in [2.05, 4.69) is 20.9 Å². The van der Waals surface area contributed by atoms with Crippen molar-refractivity contribution in [3.05, 3.63) is 0 Å². The van der Waals surface area contributed by atoms with Crippen LogP contribution in [0.15, 0.2) is 4.99 Å². The molecule has 0 aliphatic rings. The Balaban J connectivity index is 5.56. The summed E-state index contributed by atoms with van der Waals surface area (Å²) in [7, 11) is 0. The van der Waals surface area contributed by atoms with Crippen molar-refractivity contribution >= 4 is 29.7 Å². The maximum absolute atomic E-state index is 12.9. The topological polar surface area (TPSA) is 255 Å². The maximum Gasteiger partial charge on any atom is 0.326 e. The van der Waals surface area contributed by atoms with E-state index < -0.39 is 66.0 Å². The minimum atomic E-state index is -1.50. The average Bonchev–Trinajstić information content (AvgIpc) is 2.75.